The van der Waals surface area contributed by atoms with E-state index in [0.717, 1.165) is 6.42 Å². The van der Waals surface area contributed by atoms with E-state index in [1.807, 2.05) is 13.8 Å². The van der Waals surface area contributed by atoms with Crippen molar-refractivity contribution in [2.24, 2.45) is 0 Å². The van der Waals surface area contributed by atoms with E-state index in [4.69, 9.17) is 9.47 Å². The van der Waals surface area contributed by atoms with Gasteiger partial charge in [-0.05, 0) is 68.3 Å². The summed E-state index contributed by atoms with van der Waals surface area (Å²) >= 11 is 0. The Morgan fingerprint density at radius 2 is 1.75 bits per heavy atom. The molecule has 0 saturated carbocycles. The highest BCUT2D eigenvalue weighted by atomic mass is 32.2. The summed E-state index contributed by atoms with van der Waals surface area (Å²) in [5, 5.41) is 2.72. The summed E-state index contributed by atoms with van der Waals surface area (Å²) in [5.74, 6) is 0.924. The maximum atomic E-state index is 12.6. The van der Waals surface area contributed by atoms with Crippen LogP contribution in [0.25, 0.3) is 0 Å². The monoisotopic (exact) mass is 406 g/mol. The van der Waals surface area contributed by atoms with Crippen LogP contribution in [0, 0.1) is 6.92 Å². The zero-order valence-electron chi connectivity index (χ0n) is 16.3. The molecule has 2 aromatic rings. The molecule has 0 atom stereocenters. The van der Waals surface area contributed by atoms with Gasteiger partial charge in [-0.25, -0.2) is 8.42 Å². The fraction of sp³-hybridized carbons (Fsp3) is 0.350. The van der Waals surface area contributed by atoms with E-state index in [2.05, 4.69) is 10.0 Å². The number of anilines is 1. The first-order valence-corrected chi connectivity index (χ1v) is 10.6. The summed E-state index contributed by atoms with van der Waals surface area (Å²) in [4.78, 5) is 11.7. The standard InChI is InChI=1S/C20H26N2O5S/c1-4-12-21-20(23)14-27-19-11-10-18(13-15(19)3)28(24,25)22-16-6-8-17(9-7-16)26-5-2/h6-11,13,22H,4-5,12,14H2,1-3H3,(H,21,23). The highest BCUT2D eigenvalue weighted by molar-refractivity contribution is 7.92. The fourth-order valence-electron chi connectivity index (χ4n) is 2.41. The van der Waals surface area contributed by atoms with Crippen molar-refractivity contribution in [3.05, 3.63) is 48.0 Å². The van der Waals surface area contributed by atoms with Gasteiger partial charge in [0.15, 0.2) is 6.61 Å². The van der Waals surface area contributed by atoms with Crippen molar-refractivity contribution in [1.82, 2.24) is 5.32 Å². The first-order chi connectivity index (χ1) is 13.4. The van der Waals surface area contributed by atoms with Crippen LogP contribution in [-0.2, 0) is 14.8 Å². The molecule has 0 unspecified atom stereocenters. The highest BCUT2D eigenvalue weighted by Gasteiger charge is 2.16. The zero-order chi connectivity index (χ0) is 20.6. The second-order valence-electron chi connectivity index (χ2n) is 6.13. The lowest BCUT2D eigenvalue weighted by Gasteiger charge is -2.12. The van der Waals surface area contributed by atoms with Crippen LogP contribution in [-0.4, -0.2) is 34.1 Å². The van der Waals surface area contributed by atoms with E-state index >= 15 is 0 Å². The van der Waals surface area contributed by atoms with Crippen LogP contribution in [0.3, 0.4) is 0 Å². The van der Waals surface area contributed by atoms with Crippen molar-refractivity contribution < 1.29 is 22.7 Å². The van der Waals surface area contributed by atoms with Crippen molar-refractivity contribution in [1.29, 1.82) is 0 Å². The third-order valence-electron chi connectivity index (χ3n) is 3.81. The molecule has 7 nitrogen and oxygen atoms in total. The molecule has 0 spiro atoms. The Balaban J connectivity index is 2.05. The van der Waals surface area contributed by atoms with Crippen LogP contribution in [0.5, 0.6) is 11.5 Å². The molecule has 1 amide bonds. The molecule has 0 aliphatic heterocycles. The molecule has 2 rings (SSSR count). The molecule has 0 aliphatic carbocycles. The van der Waals surface area contributed by atoms with E-state index in [1.165, 1.54) is 12.1 Å². The highest BCUT2D eigenvalue weighted by Crippen LogP contribution is 2.24. The van der Waals surface area contributed by atoms with E-state index < -0.39 is 10.0 Å². The molecule has 28 heavy (non-hydrogen) atoms. The normalized spacial score (nSPS) is 11.0. The maximum Gasteiger partial charge on any atom is 0.261 e. The van der Waals surface area contributed by atoms with Crippen LogP contribution in [0.15, 0.2) is 47.4 Å². The van der Waals surface area contributed by atoms with Crippen LogP contribution < -0.4 is 19.5 Å². The molecular weight excluding hydrogens is 380 g/mol. The fourth-order valence-corrected chi connectivity index (χ4v) is 3.55. The maximum absolute atomic E-state index is 12.6. The zero-order valence-corrected chi connectivity index (χ0v) is 17.1. The summed E-state index contributed by atoms with van der Waals surface area (Å²) in [6, 6.07) is 11.2. The Bertz CT molecular complexity index is 895. The van der Waals surface area contributed by atoms with Gasteiger partial charge in [0.2, 0.25) is 0 Å². The number of amides is 1. The molecule has 2 aromatic carbocycles. The Labute approximate surface area is 166 Å². The summed E-state index contributed by atoms with van der Waals surface area (Å²) in [7, 11) is -3.75. The molecule has 2 N–H and O–H groups in total. The van der Waals surface area contributed by atoms with Gasteiger partial charge < -0.3 is 14.8 Å². The van der Waals surface area contributed by atoms with Gasteiger partial charge in [0.05, 0.1) is 11.5 Å². The molecule has 152 valence electrons. The van der Waals surface area contributed by atoms with Crippen molar-refractivity contribution in [2.75, 3.05) is 24.5 Å². The lowest BCUT2D eigenvalue weighted by Crippen LogP contribution is -2.29. The predicted molar refractivity (Wildman–Crippen MR) is 108 cm³/mol. The van der Waals surface area contributed by atoms with E-state index in [0.29, 0.717) is 35.9 Å². The average Bonchev–Trinajstić information content (AvgIpc) is 2.67. The van der Waals surface area contributed by atoms with Gasteiger partial charge in [0.1, 0.15) is 11.5 Å². The summed E-state index contributed by atoms with van der Waals surface area (Å²) in [6.07, 6.45) is 0.846. The van der Waals surface area contributed by atoms with Crippen LogP contribution in [0.2, 0.25) is 0 Å². The van der Waals surface area contributed by atoms with Crippen LogP contribution >= 0.6 is 0 Å². The number of benzene rings is 2. The van der Waals surface area contributed by atoms with Crippen molar-refractivity contribution in [2.45, 2.75) is 32.1 Å². The largest absolute Gasteiger partial charge is 0.494 e. The molecule has 0 saturated heterocycles. The third-order valence-corrected chi connectivity index (χ3v) is 5.18. The number of ether oxygens (including phenoxy) is 2. The van der Waals surface area contributed by atoms with Crippen LogP contribution in [0.4, 0.5) is 5.69 Å². The first-order valence-electron chi connectivity index (χ1n) is 9.11. The molecule has 0 aliphatic rings. The molecule has 8 heteroatoms. The van der Waals surface area contributed by atoms with Gasteiger partial charge in [0.25, 0.3) is 15.9 Å². The van der Waals surface area contributed by atoms with E-state index in [9.17, 15) is 13.2 Å². The Hall–Kier alpha value is -2.74. The molecule has 0 fully saturated rings. The quantitative estimate of drug-likeness (QED) is 0.632. The molecule has 0 bridgehead atoms. The molecule has 0 heterocycles. The number of nitrogens with one attached hydrogen (secondary N) is 2. The second-order valence-corrected chi connectivity index (χ2v) is 7.81. The van der Waals surface area contributed by atoms with Gasteiger partial charge in [-0.1, -0.05) is 6.92 Å². The summed E-state index contributed by atoms with van der Waals surface area (Å²) < 4.78 is 38.6. The SMILES string of the molecule is CCCNC(=O)COc1ccc(S(=O)(=O)Nc2ccc(OCC)cc2)cc1C. The third kappa shape index (κ3) is 6.16. The number of rotatable bonds is 10. The number of carbonyl (C=O) groups excluding carboxylic acids is 1. The summed E-state index contributed by atoms with van der Waals surface area (Å²) in [6.45, 7) is 6.59. The van der Waals surface area contributed by atoms with Gasteiger partial charge >= 0.3 is 0 Å². The predicted octanol–water partition coefficient (Wildman–Crippen LogP) is 3.10. The van der Waals surface area contributed by atoms with Crippen molar-refractivity contribution in [3.8, 4) is 11.5 Å². The average molecular weight is 407 g/mol. The number of aryl methyl sites for hydroxylation is 1. The first kappa shape index (κ1) is 21.6. The Morgan fingerprint density at radius 3 is 2.36 bits per heavy atom. The van der Waals surface area contributed by atoms with Gasteiger partial charge in [-0.3, -0.25) is 9.52 Å². The summed E-state index contributed by atoms with van der Waals surface area (Å²) in [5.41, 5.74) is 1.06. The number of carbonyl (C=O) groups is 1. The lowest BCUT2D eigenvalue weighted by molar-refractivity contribution is -0.123. The molecule has 0 radical (unpaired) electrons. The van der Waals surface area contributed by atoms with Gasteiger partial charge in [-0.15, -0.1) is 0 Å². The Kier molecular flexibility index (Phi) is 7.69. The van der Waals surface area contributed by atoms with Gasteiger partial charge in [0, 0.05) is 12.2 Å². The lowest BCUT2D eigenvalue weighted by atomic mass is 10.2. The van der Waals surface area contributed by atoms with Crippen molar-refractivity contribution >= 4 is 21.6 Å². The Morgan fingerprint density at radius 1 is 1.04 bits per heavy atom. The molecule has 0 aromatic heterocycles. The number of hydrogen-bond donors (Lipinski definition) is 2. The van der Waals surface area contributed by atoms with Crippen molar-refractivity contribution in [3.63, 3.8) is 0 Å². The second kappa shape index (κ2) is 9.98. The topological polar surface area (TPSA) is 93.7 Å². The minimum absolute atomic E-state index is 0.113. The van der Waals surface area contributed by atoms with Gasteiger partial charge in [-0.2, -0.15) is 0 Å². The van der Waals surface area contributed by atoms with E-state index in [1.54, 1.807) is 37.3 Å². The molecular formula is C20H26N2O5S. The number of hydrogen-bond acceptors (Lipinski definition) is 5. The minimum Gasteiger partial charge on any atom is -0.494 e. The van der Waals surface area contributed by atoms with Crippen LogP contribution in [0.1, 0.15) is 25.8 Å². The van der Waals surface area contributed by atoms with E-state index in [-0.39, 0.29) is 17.4 Å². The number of sulfonamides is 1. The minimum atomic E-state index is -3.75. The smallest absolute Gasteiger partial charge is 0.261 e.